The van der Waals surface area contributed by atoms with Gasteiger partial charge in [-0.05, 0) is 53.1 Å². The van der Waals surface area contributed by atoms with Crippen LogP contribution in [0.1, 0.15) is 47.2 Å². The predicted molar refractivity (Wildman–Crippen MR) is 119 cm³/mol. The van der Waals surface area contributed by atoms with Crippen LogP contribution in [0.2, 0.25) is 0 Å². The summed E-state index contributed by atoms with van der Waals surface area (Å²) in [6.07, 6.45) is 0.774. The molecule has 0 aliphatic carbocycles. The molecule has 1 aromatic carbocycles. The van der Waals surface area contributed by atoms with Crippen LogP contribution in [0.5, 0.6) is 0 Å². The number of aryl methyl sites for hydroxylation is 1. The maximum Gasteiger partial charge on any atom is 0.336 e. The highest BCUT2D eigenvalue weighted by atomic mass is 32.2. The molecule has 0 saturated heterocycles. The van der Waals surface area contributed by atoms with Crippen molar-refractivity contribution in [1.29, 1.82) is 0 Å². The quantitative estimate of drug-likeness (QED) is 0.310. The van der Waals surface area contributed by atoms with Crippen LogP contribution in [-0.2, 0) is 19.2 Å². The minimum atomic E-state index is -0.318. The lowest BCUT2D eigenvalue weighted by molar-refractivity contribution is 0.559. The molecule has 0 aliphatic rings. The summed E-state index contributed by atoms with van der Waals surface area (Å²) in [5, 5.41) is 12.6. The van der Waals surface area contributed by atoms with Gasteiger partial charge in [-0.15, -0.1) is 21.5 Å². The molecule has 4 aromatic rings. The second-order valence-electron chi connectivity index (χ2n) is 7.45. The molecular weight excluding hydrogens is 402 g/mol. The fourth-order valence-electron chi connectivity index (χ4n) is 3.47. The Kier molecular flexibility index (Phi) is 5.61. The highest BCUT2D eigenvalue weighted by molar-refractivity contribution is 7.98. The number of fused-ring (bicyclic) bond motifs is 1. The van der Waals surface area contributed by atoms with Gasteiger partial charge in [0, 0.05) is 35.6 Å². The first-order valence-corrected chi connectivity index (χ1v) is 11.4. The molecule has 4 rings (SSSR count). The molecule has 150 valence electrons. The van der Waals surface area contributed by atoms with Crippen LogP contribution in [0, 0.1) is 6.92 Å². The Bertz CT molecular complexity index is 1210. The second-order valence-corrected chi connectivity index (χ2v) is 9.43. The van der Waals surface area contributed by atoms with Gasteiger partial charge in [0.1, 0.15) is 11.4 Å². The number of nitrogens with zero attached hydrogens (tertiary/aromatic N) is 3. The molecule has 0 amide bonds. The van der Waals surface area contributed by atoms with Gasteiger partial charge in [-0.25, -0.2) is 4.79 Å². The Morgan fingerprint density at radius 1 is 1.24 bits per heavy atom. The summed E-state index contributed by atoms with van der Waals surface area (Å²) in [5.74, 6) is 1.98. The molecule has 3 aromatic heterocycles. The van der Waals surface area contributed by atoms with E-state index in [1.54, 1.807) is 29.2 Å². The molecule has 0 unspecified atom stereocenters. The molecule has 0 atom stereocenters. The summed E-state index contributed by atoms with van der Waals surface area (Å²) in [6, 6.07) is 9.88. The lowest BCUT2D eigenvalue weighted by Gasteiger charge is -2.13. The van der Waals surface area contributed by atoms with Gasteiger partial charge in [-0.2, -0.15) is 0 Å². The van der Waals surface area contributed by atoms with E-state index in [-0.39, 0.29) is 5.63 Å². The molecule has 29 heavy (non-hydrogen) atoms. The first-order chi connectivity index (χ1) is 13.9. The van der Waals surface area contributed by atoms with Crippen molar-refractivity contribution in [3.05, 3.63) is 73.5 Å². The van der Waals surface area contributed by atoms with Crippen LogP contribution in [0.4, 0.5) is 0 Å². The van der Waals surface area contributed by atoms with Crippen LogP contribution in [0.3, 0.4) is 0 Å². The number of thiophene rings is 1. The molecule has 0 N–H and O–H groups in total. The molecule has 3 heterocycles. The van der Waals surface area contributed by atoms with E-state index < -0.39 is 0 Å². The van der Waals surface area contributed by atoms with Crippen molar-refractivity contribution >= 4 is 34.1 Å². The monoisotopic (exact) mass is 425 g/mol. The number of hydrogen-bond donors (Lipinski definition) is 0. The van der Waals surface area contributed by atoms with E-state index in [1.807, 2.05) is 23.7 Å². The third kappa shape index (κ3) is 4.16. The first-order valence-electron chi connectivity index (χ1n) is 9.53. The summed E-state index contributed by atoms with van der Waals surface area (Å²) in [5.41, 5.74) is 3.71. The zero-order valence-corrected chi connectivity index (χ0v) is 18.6. The second kappa shape index (κ2) is 8.16. The van der Waals surface area contributed by atoms with Gasteiger partial charge >= 0.3 is 5.63 Å². The molecule has 0 aliphatic heterocycles. The van der Waals surface area contributed by atoms with Gasteiger partial charge in [-0.1, -0.05) is 31.7 Å². The number of rotatable bonds is 6. The fourth-order valence-corrected chi connectivity index (χ4v) is 5.09. The van der Waals surface area contributed by atoms with Crippen molar-refractivity contribution < 1.29 is 4.42 Å². The van der Waals surface area contributed by atoms with Gasteiger partial charge in [0.15, 0.2) is 5.16 Å². The third-order valence-corrected chi connectivity index (χ3v) is 6.98. The van der Waals surface area contributed by atoms with Gasteiger partial charge in [-0.3, -0.25) is 0 Å². The minimum Gasteiger partial charge on any atom is -0.423 e. The average Bonchev–Trinajstić information content (AvgIpc) is 3.30. The van der Waals surface area contributed by atoms with Crippen LogP contribution in [0.15, 0.2) is 50.1 Å². The number of hydrogen-bond acceptors (Lipinski definition) is 6. The summed E-state index contributed by atoms with van der Waals surface area (Å²) in [4.78, 5) is 13.4. The maximum atomic E-state index is 12.1. The lowest BCUT2D eigenvalue weighted by atomic mass is 9.95. The van der Waals surface area contributed by atoms with Crippen molar-refractivity contribution in [2.24, 2.45) is 7.05 Å². The van der Waals surface area contributed by atoms with Crippen LogP contribution < -0.4 is 5.63 Å². The summed E-state index contributed by atoms with van der Waals surface area (Å²) >= 11 is 3.31. The van der Waals surface area contributed by atoms with Gasteiger partial charge in [0.25, 0.3) is 0 Å². The van der Waals surface area contributed by atoms with E-state index in [0.717, 1.165) is 33.9 Å². The van der Waals surface area contributed by atoms with Crippen molar-refractivity contribution in [1.82, 2.24) is 14.8 Å². The van der Waals surface area contributed by atoms with E-state index in [9.17, 15) is 4.79 Å². The van der Waals surface area contributed by atoms with Gasteiger partial charge in [0.2, 0.25) is 0 Å². The fraction of sp³-hybridized carbons (Fsp3) is 0.318. The lowest BCUT2D eigenvalue weighted by Crippen LogP contribution is -2.03. The maximum absolute atomic E-state index is 12.1. The predicted octanol–water partition coefficient (Wildman–Crippen LogP) is 5.30. The van der Waals surface area contributed by atoms with Crippen molar-refractivity contribution in [2.75, 3.05) is 0 Å². The average molecular weight is 426 g/mol. The molecule has 5 nitrogen and oxygen atoms in total. The van der Waals surface area contributed by atoms with Gasteiger partial charge in [0.05, 0.1) is 0 Å². The summed E-state index contributed by atoms with van der Waals surface area (Å²) in [6.45, 7) is 6.41. The van der Waals surface area contributed by atoms with Gasteiger partial charge < -0.3 is 8.98 Å². The molecule has 7 heteroatoms. The molecule has 0 saturated carbocycles. The Morgan fingerprint density at radius 2 is 2.07 bits per heavy atom. The molecule has 0 radical (unpaired) electrons. The molecule has 0 bridgehead atoms. The Balaban J connectivity index is 1.62. The Labute approximate surface area is 177 Å². The van der Waals surface area contributed by atoms with Crippen molar-refractivity contribution in [2.45, 2.75) is 44.0 Å². The van der Waals surface area contributed by atoms with E-state index in [4.69, 9.17) is 4.42 Å². The summed E-state index contributed by atoms with van der Waals surface area (Å²) < 4.78 is 7.49. The molecule has 0 spiro atoms. The number of aromatic nitrogens is 3. The normalized spacial score (nSPS) is 11.6. The van der Waals surface area contributed by atoms with Crippen LogP contribution >= 0.6 is 23.1 Å². The standard InChI is InChI=1S/C22H23N3O2S2/c1-13(2)17-11-18-15(9-21(26)27-19(18)8-14(17)3)12-29-22-24-23-20(25(22)4)10-16-6-5-7-28-16/h5-9,11,13H,10,12H2,1-4H3. The van der Waals surface area contributed by atoms with Crippen LogP contribution in [-0.4, -0.2) is 14.8 Å². The van der Waals surface area contributed by atoms with E-state index in [1.165, 1.54) is 10.4 Å². The topological polar surface area (TPSA) is 60.9 Å². The Morgan fingerprint density at radius 3 is 2.79 bits per heavy atom. The van der Waals surface area contributed by atoms with Crippen molar-refractivity contribution in [3.8, 4) is 0 Å². The smallest absolute Gasteiger partial charge is 0.336 e. The molecular formula is C22H23N3O2S2. The SMILES string of the molecule is Cc1cc2oc(=O)cc(CSc3nnc(Cc4cccs4)n3C)c2cc1C(C)C. The van der Waals surface area contributed by atoms with Crippen molar-refractivity contribution in [3.63, 3.8) is 0 Å². The van der Waals surface area contributed by atoms with E-state index in [0.29, 0.717) is 17.3 Å². The number of benzene rings is 1. The van der Waals surface area contributed by atoms with E-state index >= 15 is 0 Å². The molecule has 0 fully saturated rings. The zero-order valence-electron chi connectivity index (χ0n) is 16.9. The third-order valence-electron chi connectivity index (χ3n) is 5.03. The zero-order chi connectivity index (χ0) is 20.5. The minimum absolute atomic E-state index is 0.318. The highest BCUT2D eigenvalue weighted by Gasteiger charge is 2.14. The Hall–Kier alpha value is -2.38. The summed E-state index contributed by atoms with van der Waals surface area (Å²) in [7, 11) is 1.99. The largest absolute Gasteiger partial charge is 0.423 e. The number of thioether (sulfide) groups is 1. The highest BCUT2D eigenvalue weighted by Crippen LogP contribution is 2.30. The van der Waals surface area contributed by atoms with E-state index in [2.05, 4.69) is 48.5 Å². The van der Waals surface area contributed by atoms with Crippen LogP contribution in [0.25, 0.3) is 11.0 Å². The first kappa shape index (κ1) is 19.9.